The molecule has 7 nitrogen and oxygen atoms in total. The average Bonchev–Trinajstić information content (AvgIpc) is 3.09. The number of nitrogens with zero attached hydrogens (tertiary/aromatic N) is 3. The third-order valence-electron chi connectivity index (χ3n) is 4.99. The Kier molecular flexibility index (Phi) is 6.32. The van der Waals surface area contributed by atoms with Crippen LogP contribution in [0.5, 0.6) is 0 Å². The summed E-state index contributed by atoms with van der Waals surface area (Å²) in [6, 6.07) is 4.20. The first kappa shape index (κ1) is 18.9. The summed E-state index contributed by atoms with van der Waals surface area (Å²) in [6.45, 7) is 9.09. The molecule has 1 aromatic heterocycles. The standard InChI is InChI=1S/C19H31N5O2/c1-15-13-24(8-10-25-15)17-6-5-16(11-21-17)12-22-18(20-3)23-14-19(2)7-4-9-26-19/h5-6,11,15H,4,7-10,12-14H2,1-3H3,(H2,20,22,23). The third-order valence-corrected chi connectivity index (χ3v) is 4.99. The molecule has 1 aromatic rings. The largest absolute Gasteiger partial charge is 0.375 e. The Morgan fingerprint density at radius 3 is 2.92 bits per heavy atom. The summed E-state index contributed by atoms with van der Waals surface area (Å²) in [5, 5.41) is 6.70. The van der Waals surface area contributed by atoms with Crippen LogP contribution in [0.1, 0.15) is 32.3 Å². The van der Waals surface area contributed by atoms with Crippen LogP contribution < -0.4 is 15.5 Å². The molecule has 2 aliphatic rings. The van der Waals surface area contributed by atoms with Gasteiger partial charge in [0.1, 0.15) is 5.82 Å². The average molecular weight is 361 g/mol. The van der Waals surface area contributed by atoms with Crippen LogP contribution in [0.2, 0.25) is 0 Å². The minimum absolute atomic E-state index is 0.0872. The van der Waals surface area contributed by atoms with Crippen molar-refractivity contribution in [3.63, 3.8) is 0 Å². The molecule has 26 heavy (non-hydrogen) atoms. The zero-order chi connectivity index (χ0) is 18.4. The summed E-state index contributed by atoms with van der Waals surface area (Å²) in [4.78, 5) is 11.2. The normalized spacial score (nSPS) is 26.8. The Hall–Kier alpha value is -1.86. The van der Waals surface area contributed by atoms with Crippen LogP contribution in [0.3, 0.4) is 0 Å². The first-order valence-corrected chi connectivity index (χ1v) is 9.48. The zero-order valence-electron chi connectivity index (χ0n) is 16.1. The highest BCUT2D eigenvalue weighted by molar-refractivity contribution is 5.79. The van der Waals surface area contributed by atoms with Crippen LogP contribution >= 0.6 is 0 Å². The number of aliphatic imine (C=N–C) groups is 1. The highest BCUT2D eigenvalue weighted by Gasteiger charge is 2.29. The molecule has 3 rings (SSSR count). The Morgan fingerprint density at radius 2 is 2.27 bits per heavy atom. The predicted octanol–water partition coefficient (Wildman–Crippen LogP) is 1.54. The number of nitrogens with one attached hydrogen (secondary N) is 2. The van der Waals surface area contributed by atoms with E-state index in [1.165, 1.54) is 0 Å². The monoisotopic (exact) mass is 361 g/mol. The van der Waals surface area contributed by atoms with Crippen molar-refractivity contribution < 1.29 is 9.47 Å². The lowest BCUT2D eigenvalue weighted by Gasteiger charge is -2.32. The van der Waals surface area contributed by atoms with Gasteiger partial charge in [-0.2, -0.15) is 0 Å². The van der Waals surface area contributed by atoms with Crippen LogP contribution in [-0.2, 0) is 16.0 Å². The molecule has 0 saturated carbocycles. The smallest absolute Gasteiger partial charge is 0.191 e. The number of guanidine groups is 1. The van der Waals surface area contributed by atoms with Crippen molar-refractivity contribution in [2.45, 2.75) is 44.9 Å². The van der Waals surface area contributed by atoms with Crippen molar-refractivity contribution in [3.8, 4) is 0 Å². The fraction of sp³-hybridized carbons (Fsp3) is 0.684. The molecule has 0 bridgehead atoms. The predicted molar refractivity (Wildman–Crippen MR) is 104 cm³/mol. The number of hydrogen-bond acceptors (Lipinski definition) is 5. The minimum Gasteiger partial charge on any atom is -0.375 e. The topological polar surface area (TPSA) is 71.0 Å². The first-order valence-electron chi connectivity index (χ1n) is 9.48. The summed E-state index contributed by atoms with van der Waals surface area (Å²) < 4.78 is 11.4. The second-order valence-corrected chi connectivity index (χ2v) is 7.33. The van der Waals surface area contributed by atoms with Crippen molar-refractivity contribution in [1.82, 2.24) is 15.6 Å². The summed E-state index contributed by atoms with van der Waals surface area (Å²) in [5.41, 5.74) is 1.04. The summed E-state index contributed by atoms with van der Waals surface area (Å²) in [5.74, 6) is 1.80. The molecule has 144 valence electrons. The van der Waals surface area contributed by atoms with Gasteiger partial charge in [-0.05, 0) is 38.3 Å². The van der Waals surface area contributed by atoms with E-state index in [4.69, 9.17) is 9.47 Å². The van der Waals surface area contributed by atoms with Crippen LogP contribution in [0.25, 0.3) is 0 Å². The van der Waals surface area contributed by atoms with Gasteiger partial charge in [0.25, 0.3) is 0 Å². The van der Waals surface area contributed by atoms with E-state index in [2.05, 4.69) is 51.5 Å². The molecule has 3 heterocycles. The number of pyridine rings is 1. The Labute approximate surface area is 156 Å². The number of ether oxygens (including phenoxy) is 2. The van der Waals surface area contributed by atoms with Gasteiger partial charge >= 0.3 is 0 Å². The van der Waals surface area contributed by atoms with Gasteiger partial charge in [-0.15, -0.1) is 0 Å². The highest BCUT2D eigenvalue weighted by atomic mass is 16.5. The summed E-state index contributed by atoms with van der Waals surface area (Å²) >= 11 is 0. The van der Waals surface area contributed by atoms with E-state index < -0.39 is 0 Å². The molecular weight excluding hydrogens is 330 g/mol. The molecule has 2 N–H and O–H groups in total. The van der Waals surface area contributed by atoms with Crippen molar-refractivity contribution in [2.24, 2.45) is 4.99 Å². The van der Waals surface area contributed by atoms with Gasteiger partial charge in [-0.3, -0.25) is 4.99 Å². The number of hydrogen-bond donors (Lipinski definition) is 2. The SMILES string of the molecule is CN=C(NCc1ccc(N2CCOC(C)C2)nc1)NCC1(C)CCCO1. The molecule has 2 unspecified atom stereocenters. The third kappa shape index (κ3) is 5.08. The summed E-state index contributed by atoms with van der Waals surface area (Å²) in [6.07, 6.45) is 4.40. The Bertz CT molecular complexity index is 598. The van der Waals surface area contributed by atoms with Crippen LogP contribution in [-0.4, -0.2) is 62.5 Å². The second kappa shape index (κ2) is 8.68. The molecule has 2 fully saturated rings. The van der Waals surface area contributed by atoms with E-state index in [9.17, 15) is 0 Å². The van der Waals surface area contributed by atoms with Gasteiger partial charge in [-0.25, -0.2) is 4.98 Å². The molecule has 0 aliphatic carbocycles. The Balaban J connectivity index is 1.47. The van der Waals surface area contributed by atoms with E-state index in [-0.39, 0.29) is 11.7 Å². The molecular formula is C19H31N5O2. The minimum atomic E-state index is -0.0872. The van der Waals surface area contributed by atoms with Crippen LogP contribution in [0.15, 0.2) is 23.3 Å². The molecule has 0 spiro atoms. The lowest BCUT2D eigenvalue weighted by Crippen LogP contribution is -2.45. The van der Waals surface area contributed by atoms with Gasteiger partial charge < -0.3 is 25.0 Å². The number of aromatic nitrogens is 1. The van der Waals surface area contributed by atoms with Gasteiger partial charge in [0.05, 0.1) is 18.3 Å². The maximum atomic E-state index is 5.81. The maximum Gasteiger partial charge on any atom is 0.191 e. The zero-order valence-corrected chi connectivity index (χ0v) is 16.1. The van der Waals surface area contributed by atoms with E-state index in [1.54, 1.807) is 7.05 Å². The van der Waals surface area contributed by atoms with E-state index >= 15 is 0 Å². The van der Waals surface area contributed by atoms with Crippen molar-refractivity contribution in [1.29, 1.82) is 0 Å². The number of anilines is 1. The van der Waals surface area contributed by atoms with E-state index in [0.29, 0.717) is 6.54 Å². The van der Waals surface area contributed by atoms with E-state index in [0.717, 1.165) is 63.0 Å². The summed E-state index contributed by atoms with van der Waals surface area (Å²) in [7, 11) is 1.79. The lowest BCUT2D eigenvalue weighted by atomic mass is 10.0. The number of rotatable bonds is 5. The quantitative estimate of drug-likeness (QED) is 0.612. The van der Waals surface area contributed by atoms with Gasteiger partial charge in [0.2, 0.25) is 0 Å². The van der Waals surface area contributed by atoms with E-state index in [1.807, 2.05) is 6.20 Å². The lowest BCUT2D eigenvalue weighted by molar-refractivity contribution is 0.0243. The van der Waals surface area contributed by atoms with Gasteiger partial charge in [0, 0.05) is 46.0 Å². The Morgan fingerprint density at radius 1 is 1.38 bits per heavy atom. The van der Waals surface area contributed by atoms with Crippen molar-refractivity contribution >= 4 is 11.8 Å². The molecule has 2 saturated heterocycles. The molecule has 0 amide bonds. The molecule has 7 heteroatoms. The van der Waals surface area contributed by atoms with Crippen molar-refractivity contribution in [2.75, 3.05) is 44.8 Å². The molecule has 2 atom stereocenters. The van der Waals surface area contributed by atoms with Gasteiger partial charge in [0.15, 0.2) is 5.96 Å². The number of morpholine rings is 1. The fourth-order valence-electron chi connectivity index (χ4n) is 3.39. The van der Waals surface area contributed by atoms with Crippen LogP contribution in [0, 0.1) is 0 Å². The highest BCUT2D eigenvalue weighted by Crippen LogP contribution is 2.23. The van der Waals surface area contributed by atoms with Crippen molar-refractivity contribution in [3.05, 3.63) is 23.9 Å². The first-order chi connectivity index (χ1) is 12.6. The maximum absolute atomic E-state index is 5.81. The molecule has 0 radical (unpaired) electrons. The van der Waals surface area contributed by atoms with Crippen LogP contribution in [0.4, 0.5) is 5.82 Å². The molecule has 2 aliphatic heterocycles. The fourth-order valence-corrected chi connectivity index (χ4v) is 3.39. The molecule has 0 aromatic carbocycles. The second-order valence-electron chi connectivity index (χ2n) is 7.33. The van der Waals surface area contributed by atoms with Gasteiger partial charge in [-0.1, -0.05) is 6.07 Å².